The standard InChI is InChI=1S/C17H22FNO4/c1-17(2,3)23-16(22)19-9-8-12(14(19)15(20)21)10-11-4-6-13(18)7-5-11/h4-7,12,14H,8-10H2,1-3H3,(H,20,21)/t12-,14-/m1/s1. The molecule has 5 nitrogen and oxygen atoms in total. The minimum Gasteiger partial charge on any atom is -0.480 e. The van der Waals surface area contributed by atoms with E-state index in [0.717, 1.165) is 5.56 Å². The minimum atomic E-state index is -1.04. The summed E-state index contributed by atoms with van der Waals surface area (Å²) in [6.45, 7) is 5.57. The van der Waals surface area contributed by atoms with Crippen molar-refractivity contribution in [2.45, 2.75) is 45.3 Å². The van der Waals surface area contributed by atoms with Crippen LogP contribution in [0.5, 0.6) is 0 Å². The molecule has 2 rings (SSSR count). The third-order valence-electron chi connectivity index (χ3n) is 3.82. The molecule has 1 N–H and O–H groups in total. The van der Waals surface area contributed by atoms with Gasteiger partial charge in [0.25, 0.3) is 0 Å². The zero-order chi connectivity index (χ0) is 17.2. The number of amides is 1. The first-order valence-electron chi connectivity index (χ1n) is 7.64. The van der Waals surface area contributed by atoms with Crippen LogP contribution < -0.4 is 0 Å². The quantitative estimate of drug-likeness (QED) is 0.928. The van der Waals surface area contributed by atoms with Crippen molar-refractivity contribution in [2.75, 3.05) is 6.54 Å². The van der Waals surface area contributed by atoms with Gasteiger partial charge >= 0.3 is 12.1 Å². The van der Waals surface area contributed by atoms with Gasteiger partial charge in [-0.2, -0.15) is 0 Å². The third-order valence-corrected chi connectivity index (χ3v) is 3.82. The van der Waals surface area contributed by atoms with Crippen LogP contribution in [0.2, 0.25) is 0 Å². The number of nitrogens with zero attached hydrogens (tertiary/aromatic N) is 1. The van der Waals surface area contributed by atoms with Gasteiger partial charge in [-0.3, -0.25) is 4.90 Å². The Labute approximate surface area is 135 Å². The maximum absolute atomic E-state index is 13.0. The number of halogens is 1. The van der Waals surface area contributed by atoms with Gasteiger partial charge in [0.05, 0.1) is 0 Å². The van der Waals surface area contributed by atoms with Crippen molar-refractivity contribution in [1.82, 2.24) is 4.90 Å². The largest absolute Gasteiger partial charge is 0.480 e. The van der Waals surface area contributed by atoms with Crippen LogP contribution in [0.25, 0.3) is 0 Å². The van der Waals surface area contributed by atoms with E-state index in [1.807, 2.05) is 0 Å². The molecular formula is C17H22FNO4. The molecular weight excluding hydrogens is 301 g/mol. The molecule has 1 heterocycles. The van der Waals surface area contributed by atoms with E-state index in [0.29, 0.717) is 19.4 Å². The lowest BCUT2D eigenvalue weighted by Gasteiger charge is -2.28. The van der Waals surface area contributed by atoms with Gasteiger partial charge in [-0.1, -0.05) is 12.1 Å². The molecule has 1 aliphatic rings. The number of carboxylic acids is 1. The molecule has 6 heteroatoms. The zero-order valence-electron chi connectivity index (χ0n) is 13.6. The molecule has 0 radical (unpaired) electrons. The Bertz CT molecular complexity index is 579. The number of carbonyl (C=O) groups excluding carboxylic acids is 1. The van der Waals surface area contributed by atoms with Crippen molar-refractivity contribution in [1.29, 1.82) is 0 Å². The van der Waals surface area contributed by atoms with Crippen molar-refractivity contribution in [3.63, 3.8) is 0 Å². The van der Waals surface area contributed by atoms with Crippen molar-refractivity contribution >= 4 is 12.1 Å². The summed E-state index contributed by atoms with van der Waals surface area (Å²) in [5.41, 5.74) is 0.184. The molecule has 1 saturated heterocycles. The number of benzene rings is 1. The van der Waals surface area contributed by atoms with Gasteiger partial charge in [-0.15, -0.1) is 0 Å². The lowest BCUT2D eigenvalue weighted by molar-refractivity contribution is -0.143. The summed E-state index contributed by atoms with van der Waals surface area (Å²) in [6.07, 6.45) is 0.455. The van der Waals surface area contributed by atoms with Crippen molar-refractivity contribution in [3.05, 3.63) is 35.6 Å². The zero-order valence-corrected chi connectivity index (χ0v) is 13.6. The number of likely N-dealkylation sites (tertiary alicyclic amines) is 1. The molecule has 0 aromatic heterocycles. The first kappa shape index (κ1) is 17.2. The molecule has 1 fully saturated rings. The molecule has 1 aromatic rings. The number of aliphatic carboxylic acids is 1. The summed E-state index contributed by atoms with van der Waals surface area (Å²) in [5.74, 6) is -1.59. The highest BCUT2D eigenvalue weighted by atomic mass is 19.1. The number of carbonyl (C=O) groups is 2. The maximum atomic E-state index is 13.0. The van der Waals surface area contributed by atoms with Gasteiger partial charge in [-0.05, 0) is 57.2 Å². The van der Waals surface area contributed by atoms with Crippen molar-refractivity contribution in [2.24, 2.45) is 5.92 Å². The first-order chi connectivity index (χ1) is 10.7. The molecule has 1 aromatic carbocycles. The Kier molecular flexibility index (Phi) is 4.92. The number of rotatable bonds is 3. The predicted octanol–water partition coefficient (Wildman–Crippen LogP) is 3.08. The number of ether oxygens (including phenoxy) is 1. The number of hydrogen-bond donors (Lipinski definition) is 1. The molecule has 1 aliphatic heterocycles. The summed E-state index contributed by atoms with van der Waals surface area (Å²) >= 11 is 0. The fourth-order valence-corrected chi connectivity index (χ4v) is 2.85. The monoisotopic (exact) mass is 323 g/mol. The number of hydrogen-bond acceptors (Lipinski definition) is 3. The van der Waals surface area contributed by atoms with Crippen LogP contribution in [0, 0.1) is 11.7 Å². The lowest BCUT2D eigenvalue weighted by Crippen LogP contribution is -2.45. The van der Waals surface area contributed by atoms with Gasteiger partial charge in [0, 0.05) is 6.54 Å². The molecule has 0 aliphatic carbocycles. The molecule has 126 valence electrons. The Morgan fingerprint density at radius 1 is 1.30 bits per heavy atom. The summed E-state index contributed by atoms with van der Waals surface area (Å²) < 4.78 is 18.3. The van der Waals surface area contributed by atoms with Crippen molar-refractivity contribution < 1.29 is 23.8 Å². The van der Waals surface area contributed by atoms with Gasteiger partial charge < -0.3 is 9.84 Å². The van der Waals surface area contributed by atoms with Gasteiger partial charge in [0.2, 0.25) is 0 Å². The van der Waals surface area contributed by atoms with Crippen LogP contribution >= 0.6 is 0 Å². The third kappa shape index (κ3) is 4.43. The molecule has 0 spiro atoms. The molecule has 1 amide bonds. The van der Waals surface area contributed by atoms with Gasteiger partial charge in [-0.25, -0.2) is 14.0 Å². The van der Waals surface area contributed by atoms with E-state index in [1.54, 1.807) is 32.9 Å². The Balaban J connectivity index is 2.11. The second kappa shape index (κ2) is 6.56. The molecule has 0 saturated carbocycles. The van der Waals surface area contributed by atoms with Crippen LogP contribution in [-0.2, 0) is 16.0 Å². The fraction of sp³-hybridized carbons (Fsp3) is 0.529. The molecule has 2 atom stereocenters. The highest BCUT2D eigenvalue weighted by Gasteiger charge is 2.43. The first-order valence-corrected chi connectivity index (χ1v) is 7.64. The van der Waals surface area contributed by atoms with Crippen LogP contribution in [0.1, 0.15) is 32.8 Å². The predicted molar refractivity (Wildman–Crippen MR) is 82.6 cm³/mol. The fourth-order valence-electron chi connectivity index (χ4n) is 2.85. The van der Waals surface area contributed by atoms with Gasteiger partial charge in [0.15, 0.2) is 0 Å². The average molecular weight is 323 g/mol. The second-order valence-electron chi connectivity index (χ2n) is 6.84. The average Bonchev–Trinajstić information content (AvgIpc) is 2.83. The van der Waals surface area contributed by atoms with E-state index in [4.69, 9.17) is 4.74 Å². The molecule has 0 unspecified atom stereocenters. The van der Waals surface area contributed by atoms with E-state index in [2.05, 4.69) is 0 Å². The minimum absolute atomic E-state index is 0.217. The smallest absolute Gasteiger partial charge is 0.411 e. The Morgan fingerprint density at radius 3 is 2.43 bits per heavy atom. The van der Waals surface area contributed by atoms with Crippen LogP contribution in [0.4, 0.5) is 9.18 Å². The van der Waals surface area contributed by atoms with Crippen LogP contribution in [-0.4, -0.2) is 40.3 Å². The molecule has 23 heavy (non-hydrogen) atoms. The summed E-state index contributed by atoms with van der Waals surface area (Å²) in [4.78, 5) is 25.1. The highest BCUT2D eigenvalue weighted by Crippen LogP contribution is 2.29. The van der Waals surface area contributed by atoms with E-state index in [-0.39, 0.29) is 11.7 Å². The summed E-state index contributed by atoms with van der Waals surface area (Å²) in [5, 5.41) is 9.51. The SMILES string of the molecule is CC(C)(C)OC(=O)N1CC[C@H](Cc2ccc(F)cc2)[C@@H]1C(=O)O. The van der Waals surface area contributed by atoms with Crippen LogP contribution in [0.15, 0.2) is 24.3 Å². The van der Waals surface area contributed by atoms with E-state index in [9.17, 15) is 19.1 Å². The lowest BCUT2D eigenvalue weighted by atomic mass is 9.92. The number of carboxylic acid groups (broad SMARTS) is 1. The summed E-state index contributed by atoms with van der Waals surface area (Å²) in [7, 11) is 0. The van der Waals surface area contributed by atoms with Crippen molar-refractivity contribution in [3.8, 4) is 0 Å². The Hall–Kier alpha value is -2.11. The second-order valence-corrected chi connectivity index (χ2v) is 6.84. The van der Waals surface area contributed by atoms with Crippen LogP contribution in [0.3, 0.4) is 0 Å². The van der Waals surface area contributed by atoms with E-state index in [1.165, 1.54) is 17.0 Å². The molecule has 0 bridgehead atoms. The Morgan fingerprint density at radius 2 is 1.91 bits per heavy atom. The normalized spacial score (nSPS) is 21.3. The summed E-state index contributed by atoms with van der Waals surface area (Å²) in [6, 6.07) is 5.07. The topological polar surface area (TPSA) is 66.8 Å². The maximum Gasteiger partial charge on any atom is 0.411 e. The van der Waals surface area contributed by atoms with E-state index < -0.39 is 23.7 Å². The van der Waals surface area contributed by atoms with E-state index >= 15 is 0 Å². The van der Waals surface area contributed by atoms with Gasteiger partial charge in [0.1, 0.15) is 17.5 Å². The highest BCUT2D eigenvalue weighted by molar-refractivity contribution is 5.81.